The molecule has 4 heteroatoms. The largest absolute Gasteiger partial charge is 0.394 e. The maximum atomic E-state index is 8.76. The van der Waals surface area contributed by atoms with E-state index >= 15 is 0 Å². The Hall–Kier alpha value is -1.03. The third kappa shape index (κ3) is 3.55. The summed E-state index contributed by atoms with van der Waals surface area (Å²) in [5.41, 5.74) is 1.23. The fraction of sp³-hybridized carbons (Fsp3) is 0.727. The molecule has 1 atom stereocenters. The lowest BCUT2D eigenvalue weighted by Gasteiger charge is -2.28. The second-order valence-electron chi connectivity index (χ2n) is 4.95. The molecule has 0 spiro atoms. The average Bonchev–Trinajstić information content (AvgIpc) is 2.51. The van der Waals surface area contributed by atoms with Crippen molar-refractivity contribution in [1.29, 1.82) is 0 Å². The van der Waals surface area contributed by atoms with Gasteiger partial charge in [0.15, 0.2) is 0 Å². The first-order valence-electron chi connectivity index (χ1n) is 5.33. The van der Waals surface area contributed by atoms with Gasteiger partial charge in [0.25, 0.3) is 0 Å². The van der Waals surface area contributed by atoms with Crippen LogP contribution in [0.2, 0.25) is 0 Å². The topological polar surface area (TPSA) is 50.1 Å². The Morgan fingerprint density at radius 3 is 2.73 bits per heavy atom. The molecule has 1 rings (SSSR count). The Bertz CT molecular complexity index is 301. The summed E-state index contributed by atoms with van der Waals surface area (Å²) in [6.07, 6.45) is 3.70. The van der Waals surface area contributed by atoms with Crippen LogP contribution in [0, 0.1) is 5.41 Å². The molecule has 0 aromatic carbocycles. The van der Waals surface area contributed by atoms with Crippen molar-refractivity contribution in [3.05, 3.63) is 12.4 Å². The van der Waals surface area contributed by atoms with E-state index in [1.807, 2.05) is 6.20 Å². The lowest BCUT2D eigenvalue weighted by atomic mass is 9.88. The van der Waals surface area contributed by atoms with E-state index in [4.69, 9.17) is 5.11 Å². The van der Waals surface area contributed by atoms with E-state index < -0.39 is 0 Å². The molecule has 1 aromatic heterocycles. The number of anilines is 1. The summed E-state index contributed by atoms with van der Waals surface area (Å²) in [4.78, 5) is 0. The van der Waals surface area contributed by atoms with Crippen molar-refractivity contribution in [3.8, 4) is 0 Å². The van der Waals surface area contributed by atoms with E-state index in [1.54, 1.807) is 10.9 Å². The van der Waals surface area contributed by atoms with Gasteiger partial charge in [-0.05, 0) is 12.3 Å². The minimum atomic E-state index is 0.121. The lowest BCUT2D eigenvalue weighted by molar-refractivity contribution is 0.269. The van der Waals surface area contributed by atoms with Crippen molar-refractivity contribution < 1.29 is 5.11 Å². The third-order valence-electron chi connectivity index (χ3n) is 2.64. The monoisotopic (exact) mass is 211 g/mol. The molecule has 86 valence electrons. The first-order valence-corrected chi connectivity index (χ1v) is 5.33. The van der Waals surface area contributed by atoms with Crippen LogP contribution in [0.15, 0.2) is 12.4 Å². The molecular weight excluding hydrogens is 190 g/mol. The third-order valence-corrected chi connectivity index (χ3v) is 2.64. The summed E-state index contributed by atoms with van der Waals surface area (Å²) in [6, 6.07) is 0.379. The molecule has 0 saturated heterocycles. The van der Waals surface area contributed by atoms with E-state index in [0.29, 0.717) is 12.6 Å². The van der Waals surface area contributed by atoms with Crippen LogP contribution in [0.4, 0.5) is 5.69 Å². The smallest absolute Gasteiger partial charge is 0.0728 e. The molecule has 1 heterocycles. The first kappa shape index (κ1) is 12.0. The Kier molecular flexibility index (Phi) is 3.74. The van der Waals surface area contributed by atoms with Crippen LogP contribution in [-0.2, 0) is 6.54 Å². The lowest BCUT2D eigenvalue weighted by Crippen LogP contribution is -2.30. The van der Waals surface area contributed by atoms with Crippen LogP contribution in [0.25, 0.3) is 0 Å². The molecule has 0 bridgehead atoms. The van der Waals surface area contributed by atoms with Crippen LogP contribution in [0.3, 0.4) is 0 Å². The second-order valence-corrected chi connectivity index (χ2v) is 4.95. The average molecular weight is 211 g/mol. The van der Waals surface area contributed by atoms with Crippen LogP contribution >= 0.6 is 0 Å². The quantitative estimate of drug-likeness (QED) is 0.797. The number of aromatic nitrogens is 2. The molecule has 0 radical (unpaired) electrons. The zero-order valence-electron chi connectivity index (χ0n) is 9.99. The zero-order valence-corrected chi connectivity index (χ0v) is 9.99. The van der Waals surface area contributed by atoms with Gasteiger partial charge < -0.3 is 10.4 Å². The van der Waals surface area contributed by atoms with E-state index in [9.17, 15) is 0 Å². The molecule has 0 fully saturated rings. The number of rotatable bonds is 4. The van der Waals surface area contributed by atoms with E-state index in [0.717, 1.165) is 5.69 Å². The molecule has 0 saturated carbocycles. The normalized spacial score (nSPS) is 13.9. The van der Waals surface area contributed by atoms with Crippen LogP contribution in [0.1, 0.15) is 27.7 Å². The number of nitrogens with zero attached hydrogens (tertiary/aromatic N) is 2. The molecule has 0 aliphatic heterocycles. The first-order chi connectivity index (χ1) is 6.93. The van der Waals surface area contributed by atoms with Crippen molar-refractivity contribution in [2.24, 2.45) is 5.41 Å². The summed E-state index contributed by atoms with van der Waals surface area (Å²) in [5, 5.41) is 16.3. The van der Waals surface area contributed by atoms with Crippen molar-refractivity contribution in [2.45, 2.75) is 40.3 Å². The Balaban J connectivity index is 2.57. The van der Waals surface area contributed by atoms with E-state index in [1.165, 1.54) is 0 Å². The van der Waals surface area contributed by atoms with Crippen LogP contribution in [-0.4, -0.2) is 27.5 Å². The van der Waals surface area contributed by atoms with Crippen LogP contribution in [0.5, 0.6) is 0 Å². The summed E-state index contributed by atoms with van der Waals surface area (Å²) in [6.45, 7) is 9.42. The molecular formula is C11H21N3O. The van der Waals surface area contributed by atoms with E-state index in [2.05, 4.69) is 38.1 Å². The fourth-order valence-corrected chi connectivity index (χ4v) is 1.13. The Labute approximate surface area is 91.3 Å². The highest BCUT2D eigenvalue weighted by Crippen LogP contribution is 2.22. The number of hydrogen-bond acceptors (Lipinski definition) is 3. The van der Waals surface area contributed by atoms with Gasteiger partial charge >= 0.3 is 0 Å². The molecule has 4 nitrogen and oxygen atoms in total. The minimum absolute atomic E-state index is 0.121. The summed E-state index contributed by atoms with van der Waals surface area (Å²) >= 11 is 0. The number of hydrogen-bond donors (Lipinski definition) is 2. The van der Waals surface area contributed by atoms with Crippen LogP contribution < -0.4 is 5.32 Å². The number of nitrogens with one attached hydrogen (secondary N) is 1. The predicted octanol–water partition coefficient (Wildman–Crippen LogP) is 1.72. The molecule has 2 N–H and O–H groups in total. The SMILES string of the molecule is CC(Nc1cnn(CCO)c1)C(C)(C)C. The Morgan fingerprint density at radius 2 is 2.20 bits per heavy atom. The summed E-state index contributed by atoms with van der Waals surface area (Å²) in [7, 11) is 0. The van der Waals surface area contributed by atoms with Gasteiger partial charge in [0.05, 0.1) is 25.0 Å². The van der Waals surface area contributed by atoms with E-state index in [-0.39, 0.29) is 12.0 Å². The molecule has 0 aliphatic carbocycles. The predicted molar refractivity (Wildman–Crippen MR) is 61.9 cm³/mol. The van der Waals surface area contributed by atoms with Gasteiger partial charge in [-0.15, -0.1) is 0 Å². The maximum Gasteiger partial charge on any atom is 0.0728 e. The van der Waals surface area contributed by atoms with Gasteiger partial charge in [-0.3, -0.25) is 4.68 Å². The van der Waals surface area contributed by atoms with Gasteiger partial charge in [0.2, 0.25) is 0 Å². The molecule has 15 heavy (non-hydrogen) atoms. The minimum Gasteiger partial charge on any atom is -0.394 e. The highest BCUT2D eigenvalue weighted by Gasteiger charge is 2.19. The van der Waals surface area contributed by atoms with Gasteiger partial charge in [0.1, 0.15) is 0 Å². The second kappa shape index (κ2) is 4.66. The van der Waals surface area contributed by atoms with Crippen molar-refractivity contribution in [3.63, 3.8) is 0 Å². The molecule has 0 amide bonds. The highest BCUT2D eigenvalue weighted by atomic mass is 16.3. The summed E-state index contributed by atoms with van der Waals surface area (Å²) in [5.74, 6) is 0. The molecule has 1 aromatic rings. The van der Waals surface area contributed by atoms with Crippen molar-refractivity contribution in [2.75, 3.05) is 11.9 Å². The van der Waals surface area contributed by atoms with Gasteiger partial charge in [-0.2, -0.15) is 5.10 Å². The van der Waals surface area contributed by atoms with Gasteiger partial charge in [-0.1, -0.05) is 20.8 Å². The van der Waals surface area contributed by atoms with Gasteiger partial charge in [0, 0.05) is 12.2 Å². The van der Waals surface area contributed by atoms with Crippen molar-refractivity contribution in [1.82, 2.24) is 9.78 Å². The van der Waals surface area contributed by atoms with Gasteiger partial charge in [-0.25, -0.2) is 0 Å². The number of aliphatic hydroxyl groups is 1. The molecule has 1 unspecified atom stereocenters. The zero-order chi connectivity index (χ0) is 11.5. The standard InChI is InChI=1S/C11H21N3O/c1-9(11(2,3)4)13-10-7-12-14(8-10)5-6-15/h7-9,13,15H,5-6H2,1-4H3. The summed E-state index contributed by atoms with van der Waals surface area (Å²) < 4.78 is 1.73. The Morgan fingerprint density at radius 1 is 1.53 bits per heavy atom. The number of aliphatic hydroxyl groups excluding tert-OH is 1. The molecule has 0 aliphatic rings. The maximum absolute atomic E-state index is 8.76. The fourth-order valence-electron chi connectivity index (χ4n) is 1.13. The van der Waals surface area contributed by atoms with Crippen molar-refractivity contribution >= 4 is 5.69 Å². The highest BCUT2D eigenvalue weighted by molar-refractivity contribution is 5.39.